The summed E-state index contributed by atoms with van der Waals surface area (Å²) in [4.78, 5) is 2.53. The molecular formula is C16H28N2O. The minimum atomic E-state index is 0.304. The third kappa shape index (κ3) is 5.37. The highest BCUT2D eigenvalue weighted by Crippen LogP contribution is 2.29. The predicted molar refractivity (Wildman–Crippen MR) is 78.8 cm³/mol. The van der Waals surface area contributed by atoms with Gasteiger partial charge in [0.25, 0.3) is 0 Å². The second-order valence-corrected chi connectivity index (χ2v) is 7.09. The van der Waals surface area contributed by atoms with E-state index in [-0.39, 0.29) is 0 Å². The average Bonchev–Trinajstić information content (AvgIpc) is 3.00. The van der Waals surface area contributed by atoms with E-state index in [9.17, 15) is 0 Å². The lowest BCUT2D eigenvalue weighted by atomic mass is 9.87. The molecule has 0 bridgehead atoms. The summed E-state index contributed by atoms with van der Waals surface area (Å²) in [6.45, 7) is 8.79. The van der Waals surface area contributed by atoms with Gasteiger partial charge in [-0.1, -0.05) is 20.8 Å². The number of hydrogen-bond donors (Lipinski definition) is 1. The largest absolute Gasteiger partial charge is 0.468 e. The predicted octanol–water partition coefficient (Wildman–Crippen LogP) is 3.40. The Morgan fingerprint density at radius 2 is 2.16 bits per heavy atom. The molecule has 19 heavy (non-hydrogen) atoms. The van der Waals surface area contributed by atoms with E-state index in [0.717, 1.165) is 37.7 Å². The van der Waals surface area contributed by atoms with Gasteiger partial charge in [0.15, 0.2) is 0 Å². The summed E-state index contributed by atoms with van der Waals surface area (Å²) in [5, 5.41) is 0. The first-order valence-electron chi connectivity index (χ1n) is 7.46. The Labute approximate surface area is 117 Å². The number of nitrogens with two attached hydrogens (primary N) is 1. The Kier molecular flexibility index (Phi) is 4.69. The van der Waals surface area contributed by atoms with Gasteiger partial charge in [0.2, 0.25) is 0 Å². The van der Waals surface area contributed by atoms with Crippen molar-refractivity contribution in [2.24, 2.45) is 11.1 Å². The SMILES string of the molecule is CC(C)(C)CC(N)CCN(Cc1ccco1)C1CC1. The van der Waals surface area contributed by atoms with Gasteiger partial charge in [0, 0.05) is 18.6 Å². The van der Waals surface area contributed by atoms with Gasteiger partial charge in [0.1, 0.15) is 5.76 Å². The number of nitrogens with zero attached hydrogens (tertiary/aromatic N) is 1. The fraction of sp³-hybridized carbons (Fsp3) is 0.750. The van der Waals surface area contributed by atoms with Crippen LogP contribution in [0.4, 0.5) is 0 Å². The van der Waals surface area contributed by atoms with E-state index >= 15 is 0 Å². The van der Waals surface area contributed by atoms with E-state index in [1.54, 1.807) is 6.26 Å². The van der Waals surface area contributed by atoms with Crippen LogP contribution in [-0.2, 0) is 6.54 Å². The summed E-state index contributed by atoms with van der Waals surface area (Å²) in [6, 6.07) is 5.08. The third-order valence-corrected chi connectivity index (χ3v) is 3.66. The van der Waals surface area contributed by atoms with Crippen LogP contribution in [0.1, 0.15) is 52.2 Å². The van der Waals surface area contributed by atoms with Gasteiger partial charge in [-0.2, -0.15) is 0 Å². The molecule has 1 aliphatic rings. The quantitative estimate of drug-likeness (QED) is 0.820. The first-order valence-corrected chi connectivity index (χ1v) is 7.46. The van der Waals surface area contributed by atoms with Crippen LogP contribution >= 0.6 is 0 Å². The van der Waals surface area contributed by atoms with E-state index in [0.29, 0.717) is 11.5 Å². The molecule has 1 aromatic rings. The molecule has 0 aliphatic heterocycles. The topological polar surface area (TPSA) is 42.4 Å². The van der Waals surface area contributed by atoms with Crippen LogP contribution in [0, 0.1) is 5.41 Å². The number of furan rings is 1. The van der Waals surface area contributed by atoms with Crippen LogP contribution in [0.3, 0.4) is 0 Å². The lowest BCUT2D eigenvalue weighted by molar-refractivity contribution is 0.215. The lowest BCUT2D eigenvalue weighted by Crippen LogP contribution is -2.33. The number of hydrogen-bond acceptors (Lipinski definition) is 3. The van der Waals surface area contributed by atoms with Crippen molar-refractivity contribution in [3.05, 3.63) is 24.2 Å². The standard InChI is InChI=1S/C16H28N2O/c1-16(2,3)11-13(17)8-9-18(14-6-7-14)12-15-5-4-10-19-15/h4-5,10,13-14H,6-9,11-12,17H2,1-3H3. The zero-order valence-corrected chi connectivity index (χ0v) is 12.6. The molecule has 1 aliphatic carbocycles. The van der Waals surface area contributed by atoms with Crippen LogP contribution in [0.25, 0.3) is 0 Å². The molecule has 0 spiro atoms. The Hall–Kier alpha value is -0.800. The summed E-state index contributed by atoms with van der Waals surface area (Å²) in [6.07, 6.45) is 6.58. The molecule has 1 aromatic heterocycles. The van der Waals surface area contributed by atoms with Crippen molar-refractivity contribution in [3.8, 4) is 0 Å². The first-order chi connectivity index (χ1) is 8.94. The molecular weight excluding hydrogens is 236 g/mol. The fourth-order valence-corrected chi connectivity index (χ4v) is 2.65. The van der Waals surface area contributed by atoms with Crippen molar-refractivity contribution in [2.45, 2.75) is 65.1 Å². The van der Waals surface area contributed by atoms with Crippen molar-refractivity contribution in [3.63, 3.8) is 0 Å². The minimum Gasteiger partial charge on any atom is -0.468 e. The Balaban J connectivity index is 1.77. The minimum absolute atomic E-state index is 0.304. The van der Waals surface area contributed by atoms with Gasteiger partial charge >= 0.3 is 0 Å². The second kappa shape index (κ2) is 6.10. The molecule has 1 heterocycles. The maximum atomic E-state index is 6.25. The molecule has 0 aromatic carbocycles. The van der Waals surface area contributed by atoms with Crippen molar-refractivity contribution >= 4 is 0 Å². The van der Waals surface area contributed by atoms with E-state index in [2.05, 4.69) is 31.7 Å². The summed E-state index contributed by atoms with van der Waals surface area (Å²) in [7, 11) is 0. The third-order valence-electron chi connectivity index (χ3n) is 3.66. The van der Waals surface area contributed by atoms with Crippen LogP contribution in [0.5, 0.6) is 0 Å². The van der Waals surface area contributed by atoms with Crippen molar-refractivity contribution in [1.82, 2.24) is 4.90 Å². The van der Waals surface area contributed by atoms with E-state index in [1.165, 1.54) is 12.8 Å². The van der Waals surface area contributed by atoms with Gasteiger partial charge < -0.3 is 10.2 Å². The molecule has 0 radical (unpaired) electrons. The molecule has 3 nitrogen and oxygen atoms in total. The monoisotopic (exact) mass is 264 g/mol. The smallest absolute Gasteiger partial charge is 0.117 e. The highest BCUT2D eigenvalue weighted by atomic mass is 16.3. The summed E-state index contributed by atoms with van der Waals surface area (Å²) in [5.41, 5.74) is 6.58. The van der Waals surface area contributed by atoms with E-state index in [1.807, 2.05) is 6.07 Å². The van der Waals surface area contributed by atoms with Crippen LogP contribution in [-0.4, -0.2) is 23.5 Å². The molecule has 0 saturated heterocycles. The Bertz CT molecular complexity index is 363. The summed E-state index contributed by atoms with van der Waals surface area (Å²) >= 11 is 0. The van der Waals surface area contributed by atoms with Gasteiger partial charge in [-0.15, -0.1) is 0 Å². The summed E-state index contributed by atoms with van der Waals surface area (Å²) < 4.78 is 5.46. The van der Waals surface area contributed by atoms with Crippen molar-refractivity contribution in [2.75, 3.05) is 6.54 Å². The van der Waals surface area contributed by atoms with Crippen molar-refractivity contribution < 1.29 is 4.42 Å². The van der Waals surface area contributed by atoms with Crippen molar-refractivity contribution in [1.29, 1.82) is 0 Å². The maximum Gasteiger partial charge on any atom is 0.117 e. The molecule has 108 valence electrons. The zero-order valence-electron chi connectivity index (χ0n) is 12.6. The molecule has 2 rings (SSSR count). The van der Waals surface area contributed by atoms with Gasteiger partial charge in [-0.3, -0.25) is 4.90 Å². The fourth-order valence-electron chi connectivity index (χ4n) is 2.65. The molecule has 1 atom stereocenters. The highest BCUT2D eigenvalue weighted by Gasteiger charge is 2.29. The first kappa shape index (κ1) is 14.6. The molecule has 1 unspecified atom stereocenters. The highest BCUT2D eigenvalue weighted by molar-refractivity contribution is 4.99. The zero-order chi connectivity index (χ0) is 13.9. The number of rotatable bonds is 7. The molecule has 1 fully saturated rings. The molecule has 2 N–H and O–H groups in total. The van der Waals surface area contributed by atoms with Gasteiger partial charge in [0.05, 0.1) is 12.8 Å². The normalized spacial score (nSPS) is 17.9. The Morgan fingerprint density at radius 1 is 1.42 bits per heavy atom. The lowest BCUT2D eigenvalue weighted by Gasteiger charge is -2.26. The van der Waals surface area contributed by atoms with Crippen LogP contribution in [0.15, 0.2) is 22.8 Å². The maximum absolute atomic E-state index is 6.25. The van der Waals surface area contributed by atoms with Crippen LogP contribution in [0.2, 0.25) is 0 Å². The molecule has 3 heteroatoms. The van der Waals surface area contributed by atoms with Crippen LogP contribution < -0.4 is 5.73 Å². The van der Waals surface area contributed by atoms with E-state index < -0.39 is 0 Å². The van der Waals surface area contributed by atoms with Gasteiger partial charge in [-0.25, -0.2) is 0 Å². The molecule has 1 saturated carbocycles. The van der Waals surface area contributed by atoms with Gasteiger partial charge in [-0.05, 0) is 43.2 Å². The average molecular weight is 264 g/mol. The van der Waals surface area contributed by atoms with E-state index in [4.69, 9.17) is 10.2 Å². The Morgan fingerprint density at radius 3 is 2.68 bits per heavy atom. The summed E-state index contributed by atoms with van der Waals surface area (Å²) in [5.74, 6) is 1.07. The second-order valence-electron chi connectivity index (χ2n) is 7.09. The molecule has 0 amide bonds.